The van der Waals surface area contributed by atoms with Crippen LogP contribution in [0.2, 0.25) is 0 Å². The van der Waals surface area contributed by atoms with Crippen molar-refractivity contribution in [2.45, 2.75) is 47.1 Å². The maximum atomic E-state index is 13.8. The van der Waals surface area contributed by atoms with E-state index >= 15 is 0 Å². The molecule has 4 heterocycles. The number of nitrogens with zero attached hydrogens (tertiary/aromatic N) is 4. The Morgan fingerprint density at radius 3 is 2.64 bits per heavy atom. The molecule has 9 heteroatoms. The molecule has 1 unspecified atom stereocenters. The molecule has 2 aromatic carbocycles. The summed E-state index contributed by atoms with van der Waals surface area (Å²) >= 11 is 1.35. The Labute approximate surface area is 247 Å². The van der Waals surface area contributed by atoms with E-state index in [-0.39, 0.29) is 11.3 Å². The van der Waals surface area contributed by atoms with Crippen molar-refractivity contribution in [2.24, 2.45) is 5.92 Å². The summed E-state index contributed by atoms with van der Waals surface area (Å²) in [6.07, 6.45) is 2.66. The number of aryl methyl sites for hydroxylation is 3. The van der Waals surface area contributed by atoms with Crippen molar-refractivity contribution in [1.82, 2.24) is 14.4 Å². The highest BCUT2D eigenvalue weighted by Gasteiger charge is 2.48. The number of ketones is 1. The summed E-state index contributed by atoms with van der Waals surface area (Å²) in [7, 11) is 0. The van der Waals surface area contributed by atoms with Gasteiger partial charge >= 0.3 is 5.91 Å². The first-order chi connectivity index (χ1) is 20.1. The summed E-state index contributed by atoms with van der Waals surface area (Å²) in [5.41, 5.74) is 5.01. The monoisotopic (exact) mass is 580 g/mol. The van der Waals surface area contributed by atoms with Gasteiger partial charge in [-0.2, -0.15) is 0 Å². The van der Waals surface area contributed by atoms with Crippen molar-refractivity contribution in [1.29, 1.82) is 0 Å². The van der Waals surface area contributed by atoms with Gasteiger partial charge in [0.15, 0.2) is 10.9 Å². The SMILES string of the molecule is Cc1cc(C)c2nc(N3C(=O)C(=O)C(=C(O)c4c(C)nc5ccccn45)C3c3cccc(OCCC(C)C)c3)sc2c1. The highest BCUT2D eigenvalue weighted by molar-refractivity contribution is 7.22. The molecule has 1 aliphatic heterocycles. The number of Topliss-reactive ketones (excluding diaryl/α,β-unsaturated/α-hetero) is 1. The Morgan fingerprint density at radius 2 is 1.86 bits per heavy atom. The normalized spacial score (nSPS) is 16.8. The van der Waals surface area contributed by atoms with Crippen LogP contribution in [0.15, 0.2) is 66.4 Å². The molecule has 0 radical (unpaired) electrons. The molecule has 5 aromatic rings. The van der Waals surface area contributed by atoms with Gasteiger partial charge in [0.1, 0.15) is 17.1 Å². The van der Waals surface area contributed by atoms with Crippen LogP contribution in [0.1, 0.15) is 54.4 Å². The summed E-state index contributed by atoms with van der Waals surface area (Å²) in [6, 6.07) is 16.0. The third-order valence-electron chi connectivity index (χ3n) is 7.54. The van der Waals surface area contributed by atoms with Crippen molar-refractivity contribution < 1.29 is 19.4 Å². The van der Waals surface area contributed by atoms with Gasteiger partial charge in [-0.05, 0) is 80.1 Å². The molecule has 6 rings (SSSR count). The molecule has 1 amide bonds. The fraction of sp³-hybridized carbons (Fsp3) is 0.273. The molecule has 1 N–H and O–H groups in total. The van der Waals surface area contributed by atoms with Gasteiger partial charge in [-0.25, -0.2) is 9.97 Å². The topological polar surface area (TPSA) is 97.0 Å². The summed E-state index contributed by atoms with van der Waals surface area (Å²) < 4.78 is 8.69. The molecule has 1 fully saturated rings. The van der Waals surface area contributed by atoms with Crippen LogP contribution in [0.25, 0.3) is 21.6 Å². The van der Waals surface area contributed by atoms with E-state index in [4.69, 9.17) is 9.72 Å². The molecule has 1 saturated heterocycles. The molecule has 3 aromatic heterocycles. The van der Waals surface area contributed by atoms with Crippen LogP contribution in [0.4, 0.5) is 5.13 Å². The molecule has 0 bridgehead atoms. The Balaban J connectivity index is 1.55. The lowest BCUT2D eigenvalue weighted by molar-refractivity contribution is -0.132. The molecule has 1 atom stereocenters. The molecular formula is C33H32N4O4S. The first kappa shape index (κ1) is 27.7. The van der Waals surface area contributed by atoms with Crippen LogP contribution in [0.5, 0.6) is 5.75 Å². The van der Waals surface area contributed by atoms with E-state index in [9.17, 15) is 14.7 Å². The van der Waals surface area contributed by atoms with E-state index in [1.807, 2.05) is 68.4 Å². The smallest absolute Gasteiger partial charge is 0.301 e. The predicted octanol–water partition coefficient (Wildman–Crippen LogP) is 6.92. The standard InChI is InChI=1S/C33H32N4O4S/c1-18(2)12-14-41-23-10-8-9-22(17-23)29-26(30(38)28-21(5)34-25-11-6-7-13-36(25)28)31(39)32(40)37(29)33-35-27-20(4)15-19(3)16-24(27)42-33/h6-11,13,15-18,29,38H,12,14H2,1-5H3. The second-order valence-electron chi connectivity index (χ2n) is 11.2. The lowest BCUT2D eigenvalue weighted by atomic mass is 9.96. The highest BCUT2D eigenvalue weighted by atomic mass is 32.1. The molecule has 42 heavy (non-hydrogen) atoms. The van der Waals surface area contributed by atoms with Gasteiger partial charge in [0.2, 0.25) is 0 Å². The third-order valence-corrected chi connectivity index (χ3v) is 8.54. The number of anilines is 1. The number of aliphatic hydroxyl groups is 1. The number of fused-ring (bicyclic) bond motifs is 2. The second kappa shape index (κ2) is 10.7. The number of aliphatic hydroxyl groups excluding tert-OH is 1. The van der Waals surface area contributed by atoms with Crippen LogP contribution >= 0.6 is 11.3 Å². The van der Waals surface area contributed by atoms with Crippen LogP contribution in [0.3, 0.4) is 0 Å². The number of benzene rings is 2. The van der Waals surface area contributed by atoms with Gasteiger partial charge in [-0.1, -0.05) is 49.4 Å². The van der Waals surface area contributed by atoms with Gasteiger partial charge in [0, 0.05) is 6.20 Å². The molecular weight excluding hydrogens is 548 g/mol. The minimum absolute atomic E-state index is 0.0137. The lowest BCUT2D eigenvalue weighted by Gasteiger charge is -2.23. The number of carbonyl (C=O) groups excluding carboxylic acids is 2. The number of aromatic nitrogens is 3. The minimum Gasteiger partial charge on any atom is -0.505 e. The number of hydrogen-bond acceptors (Lipinski definition) is 7. The zero-order valence-electron chi connectivity index (χ0n) is 24.2. The quantitative estimate of drug-likeness (QED) is 0.128. The molecule has 214 valence electrons. The Morgan fingerprint density at radius 1 is 1.05 bits per heavy atom. The van der Waals surface area contributed by atoms with Crippen molar-refractivity contribution in [3.63, 3.8) is 0 Å². The number of pyridine rings is 1. The van der Waals surface area contributed by atoms with E-state index in [1.165, 1.54) is 16.2 Å². The molecule has 0 aliphatic carbocycles. The van der Waals surface area contributed by atoms with Gasteiger partial charge in [0.05, 0.1) is 34.1 Å². The summed E-state index contributed by atoms with van der Waals surface area (Å²) in [5.74, 6) is -0.689. The second-order valence-corrected chi connectivity index (χ2v) is 12.2. The Kier molecular flexibility index (Phi) is 7.06. The van der Waals surface area contributed by atoms with Gasteiger partial charge in [-0.15, -0.1) is 0 Å². The zero-order valence-corrected chi connectivity index (χ0v) is 25.0. The number of ether oxygens (including phenoxy) is 1. The number of imidazole rings is 1. The average molecular weight is 581 g/mol. The summed E-state index contributed by atoms with van der Waals surface area (Å²) in [5, 5.41) is 12.2. The van der Waals surface area contributed by atoms with Gasteiger partial charge in [0.25, 0.3) is 5.78 Å². The first-order valence-corrected chi connectivity index (χ1v) is 14.8. The van der Waals surface area contributed by atoms with E-state index in [0.717, 1.165) is 27.8 Å². The number of amides is 1. The van der Waals surface area contributed by atoms with Crippen LogP contribution in [-0.2, 0) is 9.59 Å². The van der Waals surface area contributed by atoms with Gasteiger partial charge < -0.3 is 9.84 Å². The highest BCUT2D eigenvalue weighted by Crippen LogP contribution is 2.45. The zero-order chi connectivity index (χ0) is 29.7. The third kappa shape index (κ3) is 4.73. The molecule has 8 nitrogen and oxygen atoms in total. The van der Waals surface area contributed by atoms with Crippen molar-refractivity contribution in [3.8, 4) is 5.75 Å². The number of carbonyl (C=O) groups is 2. The van der Waals surface area contributed by atoms with E-state index < -0.39 is 17.7 Å². The summed E-state index contributed by atoms with van der Waals surface area (Å²) in [6.45, 7) is 10.6. The summed E-state index contributed by atoms with van der Waals surface area (Å²) in [4.78, 5) is 38.5. The molecule has 0 spiro atoms. The fourth-order valence-corrected chi connectivity index (χ4v) is 6.69. The van der Waals surface area contributed by atoms with Crippen LogP contribution < -0.4 is 9.64 Å². The average Bonchev–Trinajstić information content (AvgIpc) is 3.59. The van der Waals surface area contributed by atoms with Gasteiger partial charge in [-0.3, -0.25) is 18.9 Å². The van der Waals surface area contributed by atoms with E-state index in [0.29, 0.717) is 46.0 Å². The lowest BCUT2D eigenvalue weighted by Crippen LogP contribution is -2.29. The number of rotatable bonds is 7. The number of thiazole rings is 1. The van der Waals surface area contributed by atoms with Crippen molar-refractivity contribution in [3.05, 3.63) is 94.4 Å². The minimum atomic E-state index is -0.922. The first-order valence-electron chi connectivity index (χ1n) is 14.0. The Bertz CT molecular complexity index is 1900. The van der Waals surface area contributed by atoms with Crippen molar-refractivity contribution in [2.75, 3.05) is 11.5 Å². The van der Waals surface area contributed by atoms with E-state index in [1.54, 1.807) is 17.5 Å². The van der Waals surface area contributed by atoms with Crippen molar-refractivity contribution >= 4 is 49.8 Å². The maximum Gasteiger partial charge on any atom is 0.301 e. The van der Waals surface area contributed by atoms with E-state index in [2.05, 4.69) is 18.8 Å². The van der Waals surface area contributed by atoms with Crippen LogP contribution in [-0.4, -0.2) is 37.8 Å². The number of hydrogen-bond donors (Lipinski definition) is 1. The molecule has 0 saturated carbocycles. The molecule has 1 aliphatic rings. The van der Waals surface area contributed by atoms with Crippen LogP contribution in [0, 0.1) is 26.7 Å². The predicted molar refractivity (Wildman–Crippen MR) is 165 cm³/mol. The Hall–Kier alpha value is -4.50. The maximum absolute atomic E-state index is 13.8. The largest absolute Gasteiger partial charge is 0.505 e. The fourth-order valence-electron chi connectivity index (χ4n) is 5.52.